The van der Waals surface area contributed by atoms with Crippen molar-refractivity contribution < 1.29 is 9.90 Å². The first-order chi connectivity index (χ1) is 14.8. The van der Waals surface area contributed by atoms with Gasteiger partial charge in [0.1, 0.15) is 11.8 Å². The maximum Gasteiger partial charge on any atom is 0.202 e. The molecule has 0 spiro atoms. The maximum atomic E-state index is 12.9. The van der Waals surface area contributed by atoms with Gasteiger partial charge in [-0.25, -0.2) is 4.98 Å². The number of hydrogen-bond acceptors (Lipinski definition) is 4. The van der Waals surface area contributed by atoms with E-state index in [1.807, 2.05) is 18.2 Å². The summed E-state index contributed by atoms with van der Waals surface area (Å²) in [5.74, 6) is 0.0832. The van der Waals surface area contributed by atoms with Gasteiger partial charge in [0.15, 0.2) is 5.82 Å². The Morgan fingerprint density at radius 2 is 2.00 bits per heavy atom. The highest BCUT2D eigenvalue weighted by atomic mass is 16.3. The molecule has 2 aliphatic carbocycles. The van der Waals surface area contributed by atoms with E-state index in [4.69, 9.17) is 5.26 Å². The van der Waals surface area contributed by atoms with Crippen LogP contribution in [0.3, 0.4) is 0 Å². The third-order valence-corrected chi connectivity index (χ3v) is 6.96. The van der Waals surface area contributed by atoms with Gasteiger partial charge in [-0.05, 0) is 65.8 Å². The molecule has 31 heavy (non-hydrogen) atoms. The van der Waals surface area contributed by atoms with E-state index in [2.05, 4.69) is 36.0 Å². The monoisotopic (exact) mass is 417 g/mol. The molecule has 0 atom stereocenters. The zero-order valence-electron chi connectivity index (χ0n) is 18.5. The normalized spacial score (nSPS) is 20.0. The second kappa shape index (κ2) is 8.43. The molecule has 1 heterocycles. The number of nitriles is 1. The lowest BCUT2D eigenvalue weighted by Gasteiger charge is -2.34. The summed E-state index contributed by atoms with van der Waals surface area (Å²) in [4.78, 5) is 19.7. The quantitative estimate of drug-likeness (QED) is 0.633. The lowest BCUT2D eigenvalue weighted by molar-refractivity contribution is -0.000657. The minimum atomic E-state index is -0.771. The number of benzene rings is 1. The van der Waals surface area contributed by atoms with E-state index in [-0.39, 0.29) is 23.7 Å². The van der Waals surface area contributed by atoms with Crippen molar-refractivity contribution >= 4 is 11.4 Å². The predicted molar refractivity (Wildman–Crippen MR) is 120 cm³/mol. The summed E-state index contributed by atoms with van der Waals surface area (Å²) < 4.78 is 0. The Bertz CT molecular complexity index is 1050. The second-order valence-electron chi connectivity index (χ2n) is 9.92. The number of aromatic nitrogens is 2. The van der Waals surface area contributed by atoms with Gasteiger partial charge in [0.2, 0.25) is 5.78 Å². The van der Waals surface area contributed by atoms with E-state index >= 15 is 0 Å². The predicted octanol–water partition coefficient (Wildman–Crippen LogP) is 5.45. The minimum Gasteiger partial charge on any atom is -0.385 e. The van der Waals surface area contributed by atoms with Crippen molar-refractivity contribution in [1.82, 2.24) is 9.97 Å². The average Bonchev–Trinajstić information content (AvgIpc) is 3.24. The first-order valence-corrected chi connectivity index (χ1v) is 11.3. The molecule has 0 unspecified atom stereocenters. The van der Waals surface area contributed by atoms with Gasteiger partial charge in [-0.15, -0.1) is 0 Å². The molecule has 4 rings (SSSR count). The molecule has 0 radical (unpaired) electrons. The van der Waals surface area contributed by atoms with E-state index < -0.39 is 5.60 Å². The number of rotatable bonds is 5. The fourth-order valence-electron chi connectivity index (χ4n) is 4.84. The Morgan fingerprint density at radius 3 is 2.65 bits per heavy atom. The van der Waals surface area contributed by atoms with Crippen LogP contribution in [-0.4, -0.2) is 20.9 Å². The molecule has 1 fully saturated rings. The average molecular weight is 418 g/mol. The minimum absolute atomic E-state index is 0.136. The zero-order chi connectivity index (χ0) is 22.1. The summed E-state index contributed by atoms with van der Waals surface area (Å²) >= 11 is 0. The van der Waals surface area contributed by atoms with Crippen LogP contribution < -0.4 is 0 Å². The summed E-state index contributed by atoms with van der Waals surface area (Å²) in [7, 11) is 0. The number of imidazole rings is 1. The molecule has 0 bridgehead atoms. The number of aromatic amines is 1. The van der Waals surface area contributed by atoms with Crippen molar-refractivity contribution in [3.63, 3.8) is 0 Å². The number of aliphatic hydroxyl groups is 1. The number of allylic oxidation sites excluding steroid dienone is 2. The van der Waals surface area contributed by atoms with Gasteiger partial charge >= 0.3 is 0 Å². The van der Waals surface area contributed by atoms with Crippen LogP contribution in [0.5, 0.6) is 0 Å². The summed E-state index contributed by atoms with van der Waals surface area (Å²) in [6, 6.07) is 8.10. The molecule has 1 aromatic heterocycles. The van der Waals surface area contributed by atoms with Crippen molar-refractivity contribution in [2.45, 2.75) is 77.2 Å². The van der Waals surface area contributed by atoms with Crippen LogP contribution in [0.25, 0.3) is 5.57 Å². The lowest BCUT2D eigenvalue weighted by Crippen LogP contribution is -2.28. The van der Waals surface area contributed by atoms with Crippen LogP contribution in [0.4, 0.5) is 0 Å². The molecule has 0 amide bonds. The van der Waals surface area contributed by atoms with Crippen LogP contribution in [0.1, 0.15) is 98.2 Å². The Kier molecular flexibility index (Phi) is 5.85. The molecule has 162 valence electrons. The molecule has 0 saturated heterocycles. The topological polar surface area (TPSA) is 89.8 Å². The van der Waals surface area contributed by atoms with Gasteiger partial charge < -0.3 is 10.1 Å². The summed E-state index contributed by atoms with van der Waals surface area (Å²) in [5.41, 5.74) is 4.07. The Labute approximate surface area is 184 Å². The molecular weight excluding hydrogens is 386 g/mol. The first kappa shape index (κ1) is 21.5. The molecule has 0 aliphatic heterocycles. The van der Waals surface area contributed by atoms with Gasteiger partial charge in [0, 0.05) is 6.42 Å². The first-order valence-electron chi connectivity index (χ1n) is 11.3. The van der Waals surface area contributed by atoms with Crippen molar-refractivity contribution in [3.8, 4) is 6.07 Å². The van der Waals surface area contributed by atoms with Gasteiger partial charge in [-0.1, -0.05) is 51.3 Å². The molecule has 1 aromatic carbocycles. The number of carbonyl (C=O) groups excluding carboxylic acids is 1. The fourth-order valence-corrected chi connectivity index (χ4v) is 4.84. The van der Waals surface area contributed by atoms with Gasteiger partial charge in [0.05, 0.1) is 11.8 Å². The van der Waals surface area contributed by atoms with E-state index in [0.29, 0.717) is 5.41 Å². The van der Waals surface area contributed by atoms with Crippen molar-refractivity contribution in [2.24, 2.45) is 5.41 Å². The molecule has 2 aromatic rings. The van der Waals surface area contributed by atoms with Gasteiger partial charge in [-0.3, -0.25) is 4.79 Å². The van der Waals surface area contributed by atoms with Crippen molar-refractivity contribution in [1.29, 1.82) is 5.26 Å². The lowest BCUT2D eigenvalue weighted by atomic mass is 9.74. The number of H-pyrrole nitrogens is 1. The van der Waals surface area contributed by atoms with E-state index in [1.165, 1.54) is 18.2 Å². The van der Waals surface area contributed by atoms with E-state index in [0.717, 1.165) is 61.6 Å². The van der Waals surface area contributed by atoms with Crippen LogP contribution >= 0.6 is 0 Å². The number of nitrogens with one attached hydrogen (secondary N) is 1. The molecule has 2 N–H and O–H groups in total. The zero-order valence-corrected chi connectivity index (χ0v) is 18.5. The molecule has 5 heteroatoms. The number of hydrogen-bond donors (Lipinski definition) is 2. The smallest absolute Gasteiger partial charge is 0.202 e. The standard InChI is InChI=1S/C26H31N3O2/c1-25(2)12-8-18(9-13-25)22-15-20(26(31)10-4-3-5-11-26)7-6-19(22)14-23(30)24-28-17-21(16-27)29-24/h6-8,15,17,31H,3-5,9-14H2,1-2H3,(H,28,29). The number of Topliss-reactive ketones (excluding diaryl/α,β-unsaturated/α-hetero) is 1. The molecule has 2 aliphatic rings. The second-order valence-corrected chi connectivity index (χ2v) is 9.92. The molecule has 1 saturated carbocycles. The Hall–Kier alpha value is -2.71. The maximum absolute atomic E-state index is 12.9. The van der Waals surface area contributed by atoms with Crippen LogP contribution in [0.15, 0.2) is 30.5 Å². The summed E-state index contributed by atoms with van der Waals surface area (Å²) in [5, 5.41) is 20.3. The third kappa shape index (κ3) is 4.65. The van der Waals surface area contributed by atoms with Crippen LogP contribution in [0, 0.1) is 16.7 Å². The van der Waals surface area contributed by atoms with Crippen LogP contribution in [-0.2, 0) is 12.0 Å². The third-order valence-electron chi connectivity index (χ3n) is 6.96. The highest BCUT2D eigenvalue weighted by Crippen LogP contribution is 2.42. The molecular formula is C26H31N3O2. The highest BCUT2D eigenvalue weighted by molar-refractivity contribution is 5.95. The van der Waals surface area contributed by atoms with Gasteiger partial charge in [0.25, 0.3) is 0 Å². The fraction of sp³-hybridized carbons (Fsp3) is 0.500. The summed E-state index contributed by atoms with van der Waals surface area (Å²) in [6.45, 7) is 4.57. The van der Waals surface area contributed by atoms with Crippen molar-refractivity contribution in [2.75, 3.05) is 0 Å². The Balaban J connectivity index is 1.69. The van der Waals surface area contributed by atoms with Crippen LogP contribution in [0.2, 0.25) is 0 Å². The van der Waals surface area contributed by atoms with E-state index in [1.54, 1.807) is 0 Å². The highest BCUT2D eigenvalue weighted by Gasteiger charge is 2.32. The Morgan fingerprint density at radius 1 is 1.23 bits per heavy atom. The summed E-state index contributed by atoms with van der Waals surface area (Å²) in [6.07, 6.45) is 11.8. The van der Waals surface area contributed by atoms with Gasteiger partial charge in [-0.2, -0.15) is 5.26 Å². The number of nitrogens with zero attached hydrogens (tertiary/aromatic N) is 2. The SMILES string of the molecule is CC1(C)CC=C(c2cc(C3(O)CCCCC3)ccc2CC(=O)c2ncc(C#N)[nH]2)CC1. The largest absolute Gasteiger partial charge is 0.385 e. The van der Waals surface area contributed by atoms with Crippen molar-refractivity contribution in [3.05, 3.63) is 58.7 Å². The number of ketones is 1. The number of carbonyl (C=O) groups is 1. The molecule has 5 nitrogen and oxygen atoms in total. The van der Waals surface area contributed by atoms with E-state index in [9.17, 15) is 9.90 Å².